The number of nitro benzene ring substituents is 1. The van der Waals surface area contributed by atoms with Crippen molar-refractivity contribution in [2.45, 2.75) is 39.5 Å². The number of non-ortho nitro benzene ring substituents is 1. The Labute approximate surface area is 184 Å². The van der Waals surface area contributed by atoms with Gasteiger partial charge in [-0.3, -0.25) is 14.9 Å². The highest BCUT2D eigenvalue weighted by Crippen LogP contribution is 2.17. The van der Waals surface area contributed by atoms with Crippen molar-refractivity contribution in [1.82, 2.24) is 0 Å². The summed E-state index contributed by atoms with van der Waals surface area (Å²) in [6.45, 7) is 7.19. The van der Waals surface area contributed by atoms with Gasteiger partial charge >= 0.3 is 5.97 Å². The van der Waals surface area contributed by atoms with Crippen molar-refractivity contribution in [3.05, 3.63) is 34.4 Å². The number of nitrogens with zero attached hydrogens (tertiary/aromatic N) is 1. The number of hydrogen-bond donors (Lipinski definition) is 0. The molecule has 9 nitrogen and oxygen atoms in total. The van der Waals surface area contributed by atoms with Crippen LogP contribution in [-0.4, -0.2) is 63.7 Å². The molecule has 0 aliphatic heterocycles. The number of benzene rings is 1. The van der Waals surface area contributed by atoms with Crippen molar-refractivity contribution in [2.75, 3.05) is 52.9 Å². The zero-order valence-electron chi connectivity index (χ0n) is 18.6. The largest absolute Gasteiger partial charge is 0.491 e. The van der Waals surface area contributed by atoms with E-state index in [2.05, 4.69) is 6.92 Å². The van der Waals surface area contributed by atoms with Crippen LogP contribution in [0.1, 0.15) is 39.5 Å². The Kier molecular flexibility index (Phi) is 15.1. The van der Waals surface area contributed by atoms with Crippen LogP contribution in [0.4, 0.5) is 5.69 Å². The molecule has 0 N–H and O–H groups in total. The van der Waals surface area contributed by atoms with Crippen molar-refractivity contribution in [1.29, 1.82) is 0 Å². The lowest BCUT2D eigenvalue weighted by Crippen LogP contribution is -2.20. The zero-order valence-corrected chi connectivity index (χ0v) is 18.6. The van der Waals surface area contributed by atoms with Crippen molar-refractivity contribution in [2.24, 2.45) is 5.92 Å². The highest BCUT2D eigenvalue weighted by Gasteiger charge is 2.16. The minimum Gasteiger partial charge on any atom is -0.491 e. The SMILES string of the molecule is CCCCC(CC)C(=O)OCCOCCOCCOCCOc1ccc([N+](=O)[O-])cc1. The third kappa shape index (κ3) is 12.9. The molecule has 1 unspecified atom stereocenters. The number of unbranched alkanes of at least 4 members (excludes halogenated alkanes) is 1. The molecular formula is C22H35NO8. The fourth-order valence-electron chi connectivity index (χ4n) is 2.68. The Bertz CT molecular complexity index is 608. The van der Waals surface area contributed by atoms with Gasteiger partial charge in [-0.05, 0) is 25.0 Å². The molecule has 1 rings (SSSR count). The van der Waals surface area contributed by atoms with Gasteiger partial charge in [0.05, 0.1) is 50.5 Å². The van der Waals surface area contributed by atoms with E-state index in [4.69, 9.17) is 23.7 Å². The van der Waals surface area contributed by atoms with Crippen LogP contribution >= 0.6 is 0 Å². The summed E-state index contributed by atoms with van der Waals surface area (Å²) in [6, 6.07) is 5.89. The second kappa shape index (κ2) is 17.5. The first-order valence-electron chi connectivity index (χ1n) is 10.9. The van der Waals surface area contributed by atoms with Crippen molar-refractivity contribution >= 4 is 11.7 Å². The fourth-order valence-corrected chi connectivity index (χ4v) is 2.68. The van der Waals surface area contributed by atoms with Crippen LogP contribution in [-0.2, 0) is 23.7 Å². The summed E-state index contributed by atoms with van der Waals surface area (Å²) >= 11 is 0. The summed E-state index contributed by atoms with van der Waals surface area (Å²) in [4.78, 5) is 22.1. The molecule has 0 saturated heterocycles. The van der Waals surface area contributed by atoms with Gasteiger partial charge in [0.1, 0.15) is 19.0 Å². The maximum Gasteiger partial charge on any atom is 0.308 e. The zero-order chi connectivity index (χ0) is 22.7. The average Bonchev–Trinajstić information content (AvgIpc) is 2.77. The molecule has 0 saturated carbocycles. The van der Waals surface area contributed by atoms with E-state index in [0.717, 1.165) is 25.7 Å². The number of carbonyl (C=O) groups excluding carboxylic acids is 1. The maximum atomic E-state index is 11.9. The first kappa shape index (κ1) is 26.8. The lowest BCUT2D eigenvalue weighted by Gasteiger charge is -2.13. The summed E-state index contributed by atoms with van der Waals surface area (Å²) in [5, 5.41) is 10.6. The maximum absolute atomic E-state index is 11.9. The Morgan fingerprint density at radius 1 is 0.903 bits per heavy atom. The quantitative estimate of drug-likeness (QED) is 0.138. The fraction of sp³-hybridized carbons (Fsp3) is 0.682. The molecule has 31 heavy (non-hydrogen) atoms. The minimum absolute atomic E-state index is 0.0113. The molecule has 0 aliphatic rings. The van der Waals surface area contributed by atoms with E-state index in [9.17, 15) is 14.9 Å². The first-order valence-corrected chi connectivity index (χ1v) is 10.9. The number of nitro groups is 1. The molecule has 0 aromatic heterocycles. The molecule has 176 valence electrons. The van der Waals surface area contributed by atoms with Gasteiger partial charge in [0.25, 0.3) is 5.69 Å². The van der Waals surface area contributed by atoms with Gasteiger partial charge in [-0.1, -0.05) is 26.7 Å². The third-order valence-corrected chi connectivity index (χ3v) is 4.49. The molecule has 0 heterocycles. The molecule has 1 aromatic carbocycles. The standard InChI is InChI=1S/C22H35NO8/c1-3-5-6-19(4-2)22(24)31-18-16-29-14-12-27-11-13-28-15-17-30-21-9-7-20(8-10-21)23(25)26/h7-10,19H,3-6,11-18H2,1-2H3. The normalized spacial score (nSPS) is 11.8. The summed E-state index contributed by atoms with van der Waals surface area (Å²) in [5.74, 6) is 0.410. The number of ether oxygens (including phenoxy) is 5. The predicted molar refractivity (Wildman–Crippen MR) is 115 cm³/mol. The summed E-state index contributed by atoms with van der Waals surface area (Å²) in [6.07, 6.45) is 3.80. The number of rotatable bonds is 19. The Balaban J connectivity index is 1.89. The van der Waals surface area contributed by atoms with Gasteiger partial charge in [0.15, 0.2) is 0 Å². The van der Waals surface area contributed by atoms with E-state index in [1.54, 1.807) is 12.1 Å². The lowest BCUT2D eigenvalue weighted by atomic mass is 10.00. The van der Waals surface area contributed by atoms with Crippen LogP contribution in [0.5, 0.6) is 5.75 Å². The lowest BCUT2D eigenvalue weighted by molar-refractivity contribution is -0.384. The van der Waals surface area contributed by atoms with Crippen molar-refractivity contribution in [3.63, 3.8) is 0 Å². The Morgan fingerprint density at radius 2 is 1.45 bits per heavy atom. The number of hydrogen-bond acceptors (Lipinski definition) is 8. The van der Waals surface area contributed by atoms with Gasteiger partial charge in [-0.25, -0.2) is 0 Å². The van der Waals surface area contributed by atoms with Crippen LogP contribution in [0.2, 0.25) is 0 Å². The number of esters is 1. The van der Waals surface area contributed by atoms with E-state index in [1.807, 2.05) is 6.92 Å². The molecule has 0 aliphatic carbocycles. The summed E-state index contributed by atoms with van der Waals surface area (Å²) in [7, 11) is 0. The van der Waals surface area contributed by atoms with Gasteiger partial charge in [0.2, 0.25) is 0 Å². The monoisotopic (exact) mass is 441 g/mol. The molecule has 1 aromatic rings. The van der Waals surface area contributed by atoms with Gasteiger partial charge in [-0.2, -0.15) is 0 Å². The van der Waals surface area contributed by atoms with E-state index in [0.29, 0.717) is 52.0 Å². The van der Waals surface area contributed by atoms with Gasteiger partial charge < -0.3 is 23.7 Å². The Morgan fingerprint density at radius 3 is 1.97 bits per heavy atom. The first-order chi connectivity index (χ1) is 15.1. The molecule has 0 fully saturated rings. The van der Waals surface area contributed by atoms with Crippen molar-refractivity contribution < 1.29 is 33.4 Å². The Hall–Kier alpha value is -2.23. The van der Waals surface area contributed by atoms with Crippen LogP contribution in [0, 0.1) is 16.0 Å². The molecule has 0 radical (unpaired) electrons. The predicted octanol–water partition coefficient (Wildman–Crippen LogP) is 3.78. The molecule has 9 heteroatoms. The topological polar surface area (TPSA) is 106 Å². The molecular weight excluding hydrogens is 406 g/mol. The van der Waals surface area contributed by atoms with Crippen LogP contribution < -0.4 is 4.74 Å². The summed E-state index contributed by atoms with van der Waals surface area (Å²) < 4.78 is 26.9. The molecule has 1 atom stereocenters. The second-order valence-electron chi connectivity index (χ2n) is 6.85. The van der Waals surface area contributed by atoms with E-state index < -0.39 is 4.92 Å². The highest BCUT2D eigenvalue weighted by atomic mass is 16.6. The summed E-state index contributed by atoms with van der Waals surface area (Å²) in [5.41, 5.74) is 0.0262. The second-order valence-corrected chi connectivity index (χ2v) is 6.85. The van der Waals surface area contributed by atoms with E-state index in [-0.39, 0.29) is 24.2 Å². The molecule has 0 amide bonds. The van der Waals surface area contributed by atoms with Crippen LogP contribution in [0.15, 0.2) is 24.3 Å². The van der Waals surface area contributed by atoms with Gasteiger partial charge in [0, 0.05) is 12.1 Å². The minimum atomic E-state index is -0.455. The average molecular weight is 442 g/mol. The smallest absolute Gasteiger partial charge is 0.308 e. The van der Waals surface area contributed by atoms with Crippen molar-refractivity contribution in [3.8, 4) is 5.75 Å². The highest BCUT2D eigenvalue weighted by molar-refractivity contribution is 5.72. The van der Waals surface area contributed by atoms with E-state index in [1.165, 1.54) is 12.1 Å². The van der Waals surface area contributed by atoms with Crippen LogP contribution in [0.3, 0.4) is 0 Å². The molecule has 0 bridgehead atoms. The van der Waals surface area contributed by atoms with Crippen LogP contribution in [0.25, 0.3) is 0 Å². The molecule has 0 spiro atoms. The number of carbonyl (C=O) groups is 1. The third-order valence-electron chi connectivity index (χ3n) is 4.49. The van der Waals surface area contributed by atoms with E-state index >= 15 is 0 Å². The van der Waals surface area contributed by atoms with Gasteiger partial charge in [-0.15, -0.1) is 0 Å².